The Balaban J connectivity index is 1.54. The van der Waals surface area contributed by atoms with Crippen LogP contribution in [0.15, 0.2) is 54.6 Å². The molecule has 0 amide bonds. The van der Waals surface area contributed by atoms with Crippen molar-refractivity contribution >= 4 is 38.8 Å². The van der Waals surface area contributed by atoms with Gasteiger partial charge in [0, 0.05) is 34.9 Å². The first-order valence-corrected chi connectivity index (χ1v) is 11.1. The minimum absolute atomic E-state index is 0.158. The number of carbonyl (C=O) groups excluding carboxylic acids is 1. The summed E-state index contributed by atoms with van der Waals surface area (Å²) in [7, 11) is 0. The van der Waals surface area contributed by atoms with Crippen LogP contribution in [0.25, 0.3) is 32.8 Å². The van der Waals surface area contributed by atoms with Crippen LogP contribution in [0.5, 0.6) is 17.5 Å². The number of carbonyl (C=O) groups is 1. The number of aliphatic hydroxyl groups excluding tert-OH is 1. The van der Waals surface area contributed by atoms with Crippen LogP contribution in [0.3, 0.4) is 0 Å². The molecule has 35 heavy (non-hydrogen) atoms. The van der Waals surface area contributed by atoms with E-state index in [4.69, 9.17) is 19.5 Å². The molecule has 1 unspecified atom stereocenters. The molecule has 0 aliphatic carbocycles. The van der Waals surface area contributed by atoms with Crippen molar-refractivity contribution in [3.8, 4) is 17.5 Å². The lowest BCUT2D eigenvalue weighted by molar-refractivity contribution is -0.0396. The molecule has 5 aromatic rings. The first kappa shape index (κ1) is 21.2. The van der Waals surface area contributed by atoms with Crippen LogP contribution in [0.2, 0.25) is 0 Å². The number of aromatic nitrogens is 3. The van der Waals surface area contributed by atoms with Gasteiger partial charge in [0.25, 0.3) is 0 Å². The van der Waals surface area contributed by atoms with Crippen LogP contribution in [0, 0.1) is 0 Å². The highest BCUT2D eigenvalue weighted by atomic mass is 16.7. The predicted molar refractivity (Wildman–Crippen MR) is 128 cm³/mol. The number of ether oxygens (including phenoxy) is 1. The summed E-state index contributed by atoms with van der Waals surface area (Å²) in [6, 6.07) is 14.9. The molecule has 3 N–H and O–H groups in total. The molecule has 0 bridgehead atoms. The first-order valence-electron chi connectivity index (χ1n) is 11.1. The topological polar surface area (TPSA) is 127 Å². The molecule has 1 aliphatic rings. The number of rotatable bonds is 2. The van der Waals surface area contributed by atoms with E-state index in [0.717, 1.165) is 16.3 Å². The zero-order valence-corrected chi connectivity index (χ0v) is 18.9. The fourth-order valence-corrected chi connectivity index (χ4v) is 4.44. The molecule has 6 rings (SSSR count). The minimum Gasteiger partial charge on any atom is -0.492 e. The molecular formula is C26H21N3O6. The van der Waals surface area contributed by atoms with Crippen molar-refractivity contribution in [2.75, 3.05) is 0 Å². The standard InChI is InChI=1S/C26H21N3O6/c1-26(2)19(30)12-16-23-22(14-5-3-4-6-15(14)24(16)34-26)27-17-8-7-13(11-18(17)28-23)25(33)35-29-20(31)9-10-21(29)32/h3-11,19,30-32H,12H2,1-2H3. The Bertz CT molecular complexity index is 1650. The lowest BCUT2D eigenvalue weighted by atomic mass is 9.88. The average Bonchev–Trinajstić information content (AvgIpc) is 3.16. The van der Waals surface area contributed by atoms with Gasteiger partial charge < -0.3 is 24.9 Å². The maximum Gasteiger partial charge on any atom is 0.364 e. The van der Waals surface area contributed by atoms with Crippen LogP contribution in [-0.4, -0.2) is 47.7 Å². The molecular weight excluding hydrogens is 450 g/mol. The van der Waals surface area contributed by atoms with E-state index >= 15 is 0 Å². The third-order valence-corrected chi connectivity index (χ3v) is 6.42. The number of aliphatic hydroxyl groups is 1. The summed E-state index contributed by atoms with van der Waals surface area (Å²) in [5.74, 6) is -0.951. The van der Waals surface area contributed by atoms with E-state index < -0.39 is 29.4 Å². The lowest BCUT2D eigenvalue weighted by Gasteiger charge is -2.38. The lowest BCUT2D eigenvalue weighted by Crippen LogP contribution is -2.46. The summed E-state index contributed by atoms with van der Waals surface area (Å²) in [4.78, 5) is 27.5. The van der Waals surface area contributed by atoms with Gasteiger partial charge in [-0.05, 0) is 32.0 Å². The van der Waals surface area contributed by atoms with E-state index in [-0.39, 0.29) is 5.56 Å². The maximum absolute atomic E-state index is 12.7. The number of aromatic hydroxyl groups is 2. The second-order valence-electron chi connectivity index (χ2n) is 9.13. The van der Waals surface area contributed by atoms with Gasteiger partial charge in [0.05, 0.1) is 33.7 Å². The molecule has 176 valence electrons. The second kappa shape index (κ2) is 7.31. The Morgan fingerprint density at radius 1 is 1.00 bits per heavy atom. The van der Waals surface area contributed by atoms with Gasteiger partial charge in [-0.1, -0.05) is 24.3 Å². The predicted octanol–water partition coefficient (Wildman–Crippen LogP) is 3.49. The first-order chi connectivity index (χ1) is 16.7. The summed E-state index contributed by atoms with van der Waals surface area (Å²) >= 11 is 0. The Kier molecular flexibility index (Phi) is 4.43. The zero-order valence-electron chi connectivity index (χ0n) is 18.9. The normalized spacial score (nSPS) is 16.8. The Labute approximate surface area is 198 Å². The van der Waals surface area contributed by atoms with Crippen LogP contribution in [0.1, 0.15) is 29.8 Å². The summed E-state index contributed by atoms with van der Waals surface area (Å²) in [5.41, 5.74) is 2.45. The van der Waals surface area contributed by atoms with Crippen molar-refractivity contribution < 1.29 is 29.7 Å². The number of benzene rings is 3. The maximum atomic E-state index is 12.7. The summed E-state index contributed by atoms with van der Waals surface area (Å²) in [6.07, 6.45) is -0.391. The van der Waals surface area contributed by atoms with Crippen molar-refractivity contribution in [2.45, 2.75) is 32.0 Å². The molecule has 1 atom stereocenters. The van der Waals surface area contributed by atoms with Crippen LogP contribution < -0.4 is 9.57 Å². The highest BCUT2D eigenvalue weighted by molar-refractivity contribution is 6.11. The highest BCUT2D eigenvalue weighted by Crippen LogP contribution is 2.43. The molecule has 0 radical (unpaired) electrons. The average molecular weight is 471 g/mol. The van der Waals surface area contributed by atoms with Gasteiger partial charge in [0.2, 0.25) is 11.8 Å². The number of hydrogen-bond donors (Lipinski definition) is 3. The smallest absolute Gasteiger partial charge is 0.364 e. The van der Waals surface area contributed by atoms with E-state index in [2.05, 4.69) is 0 Å². The Morgan fingerprint density at radius 3 is 2.43 bits per heavy atom. The van der Waals surface area contributed by atoms with Crippen molar-refractivity contribution in [3.63, 3.8) is 0 Å². The van der Waals surface area contributed by atoms with Gasteiger partial charge >= 0.3 is 5.97 Å². The molecule has 1 aliphatic heterocycles. The zero-order chi connectivity index (χ0) is 24.5. The van der Waals surface area contributed by atoms with Gasteiger partial charge in [0.15, 0.2) is 0 Å². The summed E-state index contributed by atoms with van der Waals surface area (Å²) in [5, 5.41) is 32.0. The number of fused-ring (bicyclic) bond motifs is 7. The van der Waals surface area contributed by atoms with Crippen LogP contribution >= 0.6 is 0 Å². The highest BCUT2D eigenvalue weighted by Gasteiger charge is 2.38. The van der Waals surface area contributed by atoms with Gasteiger partial charge in [-0.25, -0.2) is 14.8 Å². The van der Waals surface area contributed by atoms with Crippen molar-refractivity contribution in [1.82, 2.24) is 14.7 Å². The number of nitrogens with zero attached hydrogens (tertiary/aromatic N) is 3. The monoisotopic (exact) mass is 471 g/mol. The van der Waals surface area contributed by atoms with E-state index in [1.54, 1.807) is 12.1 Å². The number of hydrogen-bond acceptors (Lipinski definition) is 8. The quantitative estimate of drug-likeness (QED) is 0.264. The summed E-state index contributed by atoms with van der Waals surface area (Å²) in [6.45, 7) is 3.70. The van der Waals surface area contributed by atoms with E-state index in [1.165, 1.54) is 18.2 Å². The molecule has 3 heterocycles. The van der Waals surface area contributed by atoms with Gasteiger partial charge in [-0.2, -0.15) is 0 Å². The molecule has 0 fully saturated rings. The molecule has 0 saturated heterocycles. The van der Waals surface area contributed by atoms with Crippen LogP contribution in [0.4, 0.5) is 0 Å². The third-order valence-electron chi connectivity index (χ3n) is 6.42. The van der Waals surface area contributed by atoms with E-state index in [9.17, 15) is 20.1 Å². The fourth-order valence-electron chi connectivity index (χ4n) is 4.44. The van der Waals surface area contributed by atoms with E-state index in [0.29, 0.717) is 39.0 Å². The van der Waals surface area contributed by atoms with Gasteiger partial charge in [-0.3, -0.25) is 0 Å². The molecule has 9 heteroatoms. The Morgan fingerprint density at radius 2 is 1.69 bits per heavy atom. The fraction of sp³-hybridized carbons (Fsp3) is 0.192. The van der Waals surface area contributed by atoms with Crippen molar-refractivity contribution in [1.29, 1.82) is 0 Å². The minimum atomic E-state index is -0.795. The van der Waals surface area contributed by atoms with Crippen LogP contribution in [-0.2, 0) is 6.42 Å². The Hall–Kier alpha value is -4.37. The largest absolute Gasteiger partial charge is 0.492 e. The molecule has 9 nitrogen and oxygen atoms in total. The molecule has 2 aromatic heterocycles. The second-order valence-corrected chi connectivity index (χ2v) is 9.13. The summed E-state index contributed by atoms with van der Waals surface area (Å²) < 4.78 is 6.89. The SMILES string of the molecule is CC1(C)Oc2c(c3nc4cc(C(=O)On5c(O)ccc5O)ccc4nc3c3ccccc23)CC1O. The third kappa shape index (κ3) is 3.23. The molecule has 0 saturated carbocycles. The van der Waals surface area contributed by atoms with Gasteiger partial charge in [-0.15, -0.1) is 4.73 Å². The van der Waals surface area contributed by atoms with Crippen molar-refractivity contribution in [3.05, 3.63) is 65.7 Å². The molecule has 3 aromatic carbocycles. The van der Waals surface area contributed by atoms with Crippen molar-refractivity contribution in [2.24, 2.45) is 0 Å². The van der Waals surface area contributed by atoms with E-state index in [1.807, 2.05) is 38.1 Å². The molecule has 0 spiro atoms. The van der Waals surface area contributed by atoms with Gasteiger partial charge in [0.1, 0.15) is 11.4 Å².